The topological polar surface area (TPSA) is 29.3 Å². The van der Waals surface area contributed by atoms with Crippen molar-refractivity contribution in [2.24, 2.45) is 11.7 Å². The fourth-order valence-electron chi connectivity index (χ4n) is 2.55. The van der Waals surface area contributed by atoms with Crippen LogP contribution in [0.4, 0.5) is 0 Å². The number of nitrogens with zero attached hydrogens (tertiary/aromatic N) is 1. The second-order valence-electron chi connectivity index (χ2n) is 5.23. The van der Waals surface area contributed by atoms with Gasteiger partial charge in [-0.25, -0.2) is 0 Å². The summed E-state index contributed by atoms with van der Waals surface area (Å²) in [5.74, 6) is 0.602. The molecule has 1 heterocycles. The first-order chi connectivity index (χ1) is 8.56. The van der Waals surface area contributed by atoms with E-state index in [2.05, 4.69) is 11.8 Å². The molecule has 18 heavy (non-hydrogen) atoms. The van der Waals surface area contributed by atoms with Gasteiger partial charge in [0.15, 0.2) is 0 Å². The van der Waals surface area contributed by atoms with Crippen LogP contribution in [0, 0.1) is 5.92 Å². The third-order valence-corrected chi connectivity index (χ3v) is 4.28. The van der Waals surface area contributed by atoms with Crippen molar-refractivity contribution in [1.82, 2.24) is 4.90 Å². The zero-order chi connectivity index (χ0) is 13.1. The van der Waals surface area contributed by atoms with Crippen LogP contribution in [-0.4, -0.2) is 24.0 Å². The Balaban J connectivity index is 2.00. The maximum absolute atomic E-state index is 6.21. The molecule has 0 radical (unpaired) electrons. The van der Waals surface area contributed by atoms with Gasteiger partial charge in [-0.1, -0.05) is 29.3 Å². The summed E-state index contributed by atoms with van der Waals surface area (Å²) in [5, 5.41) is 1.45. The standard InChI is InChI=1S/C14H20Cl2N2/c1-10(17)11-3-2-6-18(8-11)9-12-4-5-13(15)7-14(12)16/h4-5,7,10-11H,2-3,6,8-9,17H2,1H3. The molecule has 0 bridgehead atoms. The molecule has 1 aromatic carbocycles. The van der Waals surface area contributed by atoms with Gasteiger partial charge < -0.3 is 5.73 Å². The van der Waals surface area contributed by atoms with Gasteiger partial charge in [0.2, 0.25) is 0 Å². The van der Waals surface area contributed by atoms with Crippen molar-refractivity contribution < 1.29 is 0 Å². The summed E-state index contributed by atoms with van der Waals surface area (Å²) in [5.41, 5.74) is 7.15. The number of nitrogens with two attached hydrogens (primary N) is 1. The largest absolute Gasteiger partial charge is 0.328 e. The van der Waals surface area contributed by atoms with E-state index >= 15 is 0 Å². The summed E-state index contributed by atoms with van der Waals surface area (Å²) in [6, 6.07) is 6.00. The first-order valence-electron chi connectivity index (χ1n) is 6.48. The summed E-state index contributed by atoms with van der Waals surface area (Å²) in [4.78, 5) is 2.44. The molecule has 2 N–H and O–H groups in total. The zero-order valence-electron chi connectivity index (χ0n) is 10.7. The van der Waals surface area contributed by atoms with Gasteiger partial charge in [-0.3, -0.25) is 4.90 Å². The molecule has 2 nitrogen and oxygen atoms in total. The van der Waals surface area contributed by atoms with Crippen molar-refractivity contribution in [3.05, 3.63) is 33.8 Å². The van der Waals surface area contributed by atoms with E-state index in [1.54, 1.807) is 0 Å². The molecular formula is C14H20Cl2N2. The van der Waals surface area contributed by atoms with Crippen molar-refractivity contribution in [1.29, 1.82) is 0 Å². The average Bonchev–Trinajstić information content (AvgIpc) is 2.33. The van der Waals surface area contributed by atoms with Crippen LogP contribution in [0.3, 0.4) is 0 Å². The minimum Gasteiger partial charge on any atom is -0.328 e. The first kappa shape index (κ1) is 14.1. The summed E-state index contributed by atoms with van der Waals surface area (Å²) in [6.45, 7) is 5.18. The van der Waals surface area contributed by atoms with Gasteiger partial charge in [-0.2, -0.15) is 0 Å². The summed E-state index contributed by atoms with van der Waals surface area (Å²) in [7, 11) is 0. The van der Waals surface area contributed by atoms with Gasteiger partial charge in [0.25, 0.3) is 0 Å². The van der Waals surface area contributed by atoms with E-state index in [9.17, 15) is 0 Å². The molecule has 100 valence electrons. The van der Waals surface area contributed by atoms with Gasteiger partial charge in [0.05, 0.1) is 0 Å². The van der Waals surface area contributed by atoms with Gasteiger partial charge in [0.1, 0.15) is 0 Å². The van der Waals surface area contributed by atoms with Crippen LogP contribution in [0.25, 0.3) is 0 Å². The number of likely N-dealkylation sites (tertiary alicyclic amines) is 1. The third-order valence-electron chi connectivity index (χ3n) is 3.69. The molecule has 0 aliphatic carbocycles. The molecule has 1 aliphatic rings. The maximum Gasteiger partial charge on any atom is 0.0465 e. The fourth-order valence-corrected chi connectivity index (χ4v) is 3.02. The SMILES string of the molecule is CC(N)C1CCCN(Cc2ccc(Cl)cc2Cl)C1. The summed E-state index contributed by atoms with van der Waals surface area (Å²) in [6.07, 6.45) is 2.46. The lowest BCUT2D eigenvalue weighted by atomic mass is 9.92. The van der Waals surface area contributed by atoms with Crippen LogP contribution >= 0.6 is 23.2 Å². The van der Waals surface area contributed by atoms with Gasteiger partial charge in [-0.15, -0.1) is 0 Å². The Morgan fingerprint density at radius 2 is 2.22 bits per heavy atom. The minimum absolute atomic E-state index is 0.272. The molecule has 2 rings (SSSR count). The Morgan fingerprint density at radius 3 is 2.89 bits per heavy atom. The molecule has 1 aliphatic heterocycles. The second-order valence-corrected chi connectivity index (χ2v) is 6.08. The van der Waals surface area contributed by atoms with E-state index in [-0.39, 0.29) is 6.04 Å². The highest BCUT2D eigenvalue weighted by atomic mass is 35.5. The van der Waals surface area contributed by atoms with Gasteiger partial charge in [0, 0.05) is 29.2 Å². The van der Waals surface area contributed by atoms with Crippen LogP contribution in [0.15, 0.2) is 18.2 Å². The Labute approximate surface area is 119 Å². The van der Waals surface area contributed by atoms with Crippen molar-refractivity contribution >= 4 is 23.2 Å². The number of halogens is 2. The normalized spacial score (nSPS) is 23.0. The lowest BCUT2D eigenvalue weighted by molar-refractivity contribution is 0.154. The van der Waals surface area contributed by atoms with Crippen LogP contribution < -0.4 is 5.73 Å². The fraction of sp³-hybridized carbons (Fsp3) is 0.571. The van der Waals surface area contributed by atoms with Crippen molar-refractivity contribution in [3.63, 3.8) is 0 Å². The molecular weight excluding hydrogens is 267 g/mol. The number of benzene rings is 1. The van der Waals surface area contributed by atoms with Crippen LogP contribution in [0.1, 0.15) is 25.3 Å². The van der Waals surface area contributed by atoms with E-state index < -0.39 is 0 Å². The number of hydrogen-bond acceptors (Lipinski definition) is 2. The number of rotatable bonds is 3. The Hall–Kier alpha value is -0.280. The van der Waals surface area contributed by atoms with Gasteiger partial charge >= 0.3 is 0 Å². The highest BCUT2D eigenvalue weighted by molar-refractivity contribution is 6.35. The van der Waals surface area contributed by atoms with Gasteiger partial charge in [-0.05, 0) is 49.9 Å². The zero-order valence-corrected chi connectivity index (χ0v) is 12.2. The lowest BCUT2D eigenvalue weighted by Gasteiger charge is -2.34. The van der Waals surface area contributed by atoms with Crippen LogP contribution in [-0.2, 0) is 6.54 Å². The molecule has 0 spiro atoms. The molecule has 1 aromatic rings. The van der Waals surface area contributed by atoms with E-state index in [1.165, 1.54) is 12.8 Å². The monoisotopic (exact) mass is 286 g/mol. The lowest BCUT2D eigenvalue weighted by Crippen LogP contribution is -2.41. The molecule has 1 fully saturated rings. The van der Waals surface area contributed by atoms with E-state index in [1.807, 2.05) is 18.2 Å². The molecule has 0 saturated carbocycles. The average molecular weight is 287 g/mol. The number of hydrogen-bond donors (Lipinski definition) is 1. The Bertz CT molecular complexity index is 407. The summed E-state index contributed by atoms with van der Waals surface area (Å²) < 4.78 is 0. The highest BCUT2D eigenvalue weighted by Crippen LogP contribution is 2.25. The van der Waals surface area contributed by atoms with Crippen molar-refractivity contribution in [2.75, 3.05) is 13.1 Å². The Morgan fingerprint density at radius 1 is 1.44 bits per heavy atom. The smallest absolute Gasteiger partial charge is 0.0465 e. The predicted octanol–water partition coefficient (Wildman–Crippen LogP) is 3.55. The van der Waals surface area contributed by atoms with Crippen molar-refractivity contribution in [3.8, 4) is 0 Å². The predicted molar refractivity (Wildman–Crippen MR) is 78.1 cm³/mol. The molecule has 2 atom stereocenters. The number of piperidine rings is 1. The third kappa shape index (κ3) is 3.61. The maximum atomic E-state index is 6.21. The highest BCUT2D eigenvalue weighted by Gasteiger charge is 2.22. The Kier molecular flexibility index (Phi) is 4.91. The van der Waals surface area contributed by atoms with Crippen LogP contribution in [0.2, 0.25) is 10.0 Å². The van der Waals surface area contributed by atoms with Crippen LogP contribution in [0.5, 0.6) is 0 Å². The molecule has 4 heteroatoms. The molecule has 0 aromatic heterocycles. The quantitative estimate of drug-likeness (QED) is 0.921. The second kappa shape index (κ2) is 6.25. The van der Waals surface area contributed by atoms with E-state index in [0.717, 1.165) is 30.2 Å². The summed E-state index contributed by atoms with van der Waals surface area (Å²) >= 11 is 12.1. The minimum atomic E-state index is 0.272. The molecule has 0 amide bonds. The molecule has 2 unspecified atom stereocenters. The van der Waals surface area contributed by atoms with E-state index in [4.69, 9.17) is 28.9 Å². The van der Waals surface area contributed by atoms with E-state index in [0.29, 0.717) is 10.9 Å². The molecule has 1 saturated heterocycles. The first-order valence-corrected chi connectivity index (χ1v) is 7.23. The van der Waals surface area contributed by atoms with Crippen molar-refractivity contribution in [2.45, 2.75) is 32.4 Å².